The molecule has 1 fully saturated rings. The molecule has 1 aromatic carbocycles. The van der Waals surface area contributed by atoms with Gasteiger partial charge in [-0.2, -0.15) is 0 Å². The van der Waals surface area contributed by atoms with Crippen molar-refractivity contribution in [3.8, 4) is 0 Å². The van der Waals surface area contributed by atoms with E-state index in [-0.39, 0.29) is 0 Å². The highest BCUT2D eigenvalue weighted by Gasteiger charge is 2.19. The zero-order valence-electron chi connectivity index (χ0n) is 15.8. The van der Waals surface area contributed by atoms with Crippen LogP contribution in [0, 0.1) is 13.8 Å². The number of rotatable bonds is 4. The fourth-order valence-corrected chi connectivity index (χ4v) is 3.27. The summed E-state index contributed by atoms with van der Waals surface area (Å²) in [6.07, 6.45) is 1.85. The van der Waals surface area contributed by atoms with Crippen molar-refractivity contribution in [3.05, 3.63) is 66.1 Å². The van der Waals surface area contributed by atoms with Gasteiger partial charge in [0.05, 0.1) is 0 Å². The predicted octanol–water partition coefficient (Wildman–Crippen LogP) is 3.56. The molecule has 1 aliphatic heterocycles. The highest BCUT2D eigenvalue weighted by Crippen LogP contribution is 2.22. The molecular formula is C21H24N6. The minimum atomic E-state index is 0.772. The maximum absolute atomic E-state index is 4.65. The zero-order chi connectivity index (χ0) is 18.6. The number of benzene rings is 1. The van der Waals surface area contributed by atoms with E-state index < -0.39 is 0 Å². The molecule has 27 heavy (non-hydrogen) atoms. The van der Waals surface area contributed by atoms with E-state index >= 15 is 0 Å². The van der Waals surface area contributed by atoms with E-state index in [1.165, 1.54) is 5.56 Å². The Kier molecular flexibility index (Phi) is 4.87. The van der Waals surface area contributed by atoms with E-state index in [0.717, 1.165) is 55.1 Å². The number of nitrogens with one attached hydrogen (secondary N) is 1. The Hall–Kier alpha value is -3.15. The number of anilines is 4. The van der Waals surface area contributed by atoms with Gasteiger partial charge in [0, 0.05) is 44.1 Å². The second-order valence-corrected chi connectivity index (χ2v) is 6.81. The summed E-state index contributed by atoms with van der Waals surface area (Å²) >= 11 is 0. The van der Waals surface area contributed by atoms with Crippen LogP contribution in [0.5, 0.6) is 0 Å². The van der Waals surface area contributed by atoms with Gasteiger partial charge in [0.25, 0.3) is 0 Å². The van der Waals surface area contributed by atoms with Gasteiger partial charge in [0.2, 0.25) is 0 Å². The number of hydrogen-bond donors (Lipinski definition) is 1. The van der Waals surface area contributed by atoms with E-state index in [0.29, 0.717) is 0 Å². The van der Waals surface area contributed by atoms with Crippen LogP contribution in [0.4, 0.5) is 23.1 Å². The molecule has 0 bridgehead atoms. The summed E-state index contributed by atoms with van der Waals surface area (Å²) in [7, 11) is 0. The molecule has 0 amide bonds. The highest BCUT2D eigenvalue weighted by atomic mass is 15.3. The Bertz CT molecular complexity index is 886. The molecule has 6 nitrogen and oxygen atoms in total. The third-order valence-electron chi connectivity index (χ3n) is 4.73. The number of hydrogen-bond acceptors (Lipinski definition) is 6. The summed E-state index contributed by atoms with van der Waals surface area (Å²) < 4.78 is 0. The van der Waals surface area contributed by atoms with Gasteiger partial charge >= 0.3 is 0 Å². The van der Waals surface area contributed by atoms with Gasteiger partial charge in [0.15, 0.2) is 0 Å². The van der Waals surface area contributed by atoms with Crippen LogP contribution in [-0.2, 0) is 0 Å². The second kappa shape index (κ2) is 7.61. The standard InChI is InChI=1S/C21H24N6/c1-16-6-8-18(9-7-16)25-19-15-21(24-17(2)23-19)27-13-11-26(12-14-27)20-5-3-4-10-22-20/h3-10,15H,11-14H2,1-2H3,(H,23,24,25). The topological polar surface area (TPSA) is 57.2 Å². The van der Waals surface area contributed by atoms with E-state index in [1.54, 1.807) is 0 Å². The van der Waals surface area contributed by atoms with Crippen molar-refractivity contribution < 1.29 is 0 Å². The van der Waals surface area contributed by atoms with Crippen molar-refractivity contribution in [2.45, 2.75) is 13.8 Å². The second-order valence-electron chi connectivity index (χ2n) is 6.81. The molecule has 0 aliphatic carbocycles. The molecule has 1 N–H and O–H groups in total. The number of piperazine rings is 1. The Labute approximate surface area is 159 Å². The molecule has 0 radical (unpaired) electrons. The van der Waals surface area contributed by atoms with Crippen molar-refractivity contribution >= 4 is 23.1 Å². The Morgan fingerprint density at radius 2 is 1.52 bits per heavy atom. The summed E-state index contributed by atoms with van der Waals surface area (Å²) in [5.41, 5.74) is 2.27. The first-order valence-electron chi connectivity index (χ1n) is 9.28. The first kappa shape index (κ1) is 17.3. The number of pyridine rings is 1. The molecule has 4 rings (SSSR count). The number of aryl methyl sites for hydroxylation is 2. The van der Waals surface area contributed by atoms with Crippen molar-refractivity contribution in [1.29, 1.82) is 0 Å². The zero-order valence-corrected chi connectivity index (χ0v) is 15.8. The average molecular weight is 360 g/mol. The third kappa shape index (κ3) is 4.16. The van der Waals surface area contributed by atoms with Crippen LogP contribution in [0.2, 0.25) is 0 Å². The molecule has 1 saturated heterocycles. The maximum atomic E-state index is 4.65. The van der Waals surface area contributed by atoms with Crippen molar-refractivity contribution in [2.24, 2.45) is 0 Å². The van der Waals surface area contributed by atoms with Gasteiger partial charge in [-0.3, -0.25) is 0 Å². The summed E-state index contributed by atoms with van der Waals surface area (Å²) in [5.74, 6) is 3.61. The van der Waals surface area contributed by atoms with Crippen molar-refractivity contribution in [1.82, 2.24) is 15.0 Å². The lowest BCUT2D eigenvalue weighted by Crippen LogP contribution is -2.47. The SMILES string of the molecule is Cc1ccc(Nc2cc(N3CCN(c4ccccn4)CC3)nc(C)n2)cc1. The van der Waals surface area contributed by atoms with E-state index in [2.05, 4.69) is 67.3 Å². The molecule has 0 saturated carbocycles. The van der Waals surface area contributed by atoms with Crippen LogP contribution < -0.4 is 15.1 Å². The average Bonchev–Trinajstić information content (AvgIpc) is 2.70. The Morgan fingerprint density at radius 1 is 0.815 bits per heavy atom. The lowest BCUT2D eigenvalue weighted by molar-refractivity contribution is 0.640. The van der Waals surface area contributed by atoms with Gasteiger partial charge in [0.1, 0.15) is 23.3 Å². The van der Waals surface area contributed by atoms with Crippen molar-refractivity contribution in [2.75, 3.05) is 41.3 Å². The van der Waals surface area contributed by atoms with Crippen LogP contribution in [0.15, 0.2) is 54.7 Å². The minimum Gasteiger partial charge on any atom is -0.353 e. The monoisotopic (exact) mass is 360 g/mol. The molecule has 138 valence electrons. The van der Waals surface area contributed by atoms with Gasteiger partial charge < -0.3 is 15.1 Å². The first-order valence-corrected chi connectivity index (χ1v) is 9.28. The lowest BCUT2D eigenvalue weighted by Gasteiger charge is -2.36. The summed E-state index contributed by atoms with van der Waals surface area (Å²) in [6, 6.07) is 16.4. The smallest absolute Gasteiger partial charge is 0.136 e. The summed E-state index contributed by atoms with van der Waals surface area (Å²) in [4.78, 5) is 18.3. The first-order chi connectivity index (χ1) is 13.2. The quantitative estimate of drug-likeness (QED) is 0.768. The molecule has 3 aromatic rings. The molecule has 2 aromatic heterocycles. The van der Waals surface area contributed by atoms with E-state index in [1.807, 2.05) is 31.3 Å². The molecule has 0 unspecified atom stereocenters. The van der Waals surface area contributed by atoms with Crippen LogP contribution in [0.3, 0.4) is 0 Å². The molecule has 0 atom stereocenters. The molecular weight excluding hydrogens is 336 g/mol. The third-order valence-corrected chi connectivity index (χ3v) is 4.73. The van der Waals surface area contributed by atoms with Gasteiger partial charge in [-0.25, -0.2) is 15.0 Å². The fraction of sp³-hybridized carbons (Fsp3) is 0.286. The number of nitrogens with zero attached hydrogens (tertiary/aromatic N) is 5. The maximum Gasteiger partial charge on any atom is 0.136 e. The molecule has 0 spiro atoms. The Morgan fingerprint density at radius 3 is 2.19 bits per heavy atom. The van der Waals surface area contributed by atoms with E-state index in [9.17, 15) is 0 Å². The fourth-order valence-electron chi connectivity index (χ4n) is 3.27. The van der Waals surface area contributed by atoms with Crippen LogP contribution >= 0.6 is 0 Å². The van der Waals surface area contributed by atoms with Crippen LogP contribution in [0.1, 0.15) is 11.4 Å². The van der Waals surface area contributed by atoms with Gasteiger partial charge in [-0.15, -0.1) is 0 Å². The molecule has 1 aliphatic rings. The number of aromatic nitrogens is 3. The van der Waals surface area contributed by atoms with Crippen LogP contribution in [0.25, 0.3) is 0 Å². The molecule has 6 heteroatoms. The van der Waals surface area contributed by atoms with Gasteiger partial charge in [-0.05, 0) is 38.1 Å². The molecule has 3 heterocycles. The van der Waals surface area contributed by atoms with Crippen molar-refractivity contribution in [3.63, 3.8) is 0 Å². The lowest BCUT2D eigenvalue weighted by atomic mass is 10.2. The summed E-state index contributed by atoms with van der Waals surface area (Å²) in [5, 5.41) is 3.39. The Balaban J connectivity index is 1.46. The van der Waals surface area contributed by atoms with Crippen LogP contribution in [-0.4, -0.2) is 41.1 Å². The highest BCUT2D eigenvalue weighted by molar-refractivity contribution is 5.60. The largest absolute Gasteiger partial charge is 0.353 e. The van der Waals surface area contributed by atoms with Gasteiger partial charge in [-0.1, -0.05) is 23.8 Å². The normalized spacial score (nSPS) is 14.3. The van der Waals surface area contributed by atoms with E-state index in [4.69, 9.17) is 0 Å². The summed E-state index contributed by atoms with van der Waals surface area (Å²) in [6.45, 7) is 7.71. The predicted molar refractivity (Wildman–Crippen MR) is 110 cm³/mol. The minimum absolute atomic E-state index is 0.772.